The number of hydrogen-bond acceptors (Lipinski definition) is 5. The molecule has 0 unspecified atom stereocenters. The number of methoxy groups -OCH3 is 1. The lowest BCUT2D eigenvalue weighted by Gasteiger charge is -2.40. The van der Waals surface area contributed by atoms with Crippen molar-refractivity contribution in [3.05, 3.63) is 48.2 Å². The van der Waals surface area contributed by atoms with Crippen LogP contribution in [0.2, 0.25) is 0 Å². The van der Waals surface area contributed by atoms with Gasteiger partial charge >= 0.3 is 0 Å². The van der Waals surface area contributed by atoms with Crippen molar-refractivity contribution in [1.29, 1.82) is 0 Å². The van der Waals surface area contributed by atoms with Crippen LogP contribution in [0.1, 0.15) is 48.9 Å². The van der Waals surface area contributed by atoms with Gasteiger partial charge < -0.3 is 14.5 Å². The van der Waals surface area contributed by atoms with Crippen LogP contribution in [0.3, 0.4) is 0 Å². The molecule has 1 atom stereocenters. The molecular formula is C23H30N4O2. The fourth-order valence-electron chi connectivity index (χ4n) is 4.71. The van der Waals surface area contributed by atoms with Crippen molar-refractivity contribution in [2.45, 2.75) is 44.6 Å². The minimum absolute atomic E-state index is 0.191. The molecule has 29 heavy (non-hydrogen) atoms. The van der Waals surface area contributed by atoms with Gasteiger partial charge in [0.05, 0.1) is 7.11 Å². The molecule has 0 bridgehead atoms. The average molecular weight is 395 g/mol. The van der Waals surface area contributed by atoms with Gasteiger partial charge in [0, 0.05) is 43.5 Å². The molecule has 0 N–H and O–H groups in total. The van der Waals surface area contributed by atoms with Crippen LogP contribution in [-0.4, -0.2) is 53.6 Å². The highest BCUT2D eigenvalue weighted by Gasteiger charge is 2.34. The molecule has 154 valence electrons. The van der Waals surface area contributed by atoms with Gasteiger partial charge in [-0.1, -0.05) is 31.0 Å². The van der Waals surface area contributed by atoms with E-state index < -0.39 is 0 Å². The zero-order valence-corrected chi connectivity index (χ0v) is 17.2. The Kier molecular flexibility index (Phi) is 6.27. The van der Waals surface area contributed by atoms with Crippen molar-refractivity contribution in [2.75, 3.05) is 31.6 Å². The minimum atomic E-state index is 0.191. The van der Waals surface area contributed by atoms with Gasteiger partial charge in [0.25, 0.3) is 5.91 Å². The van der Waals surface area contributed by atoms with Crippen LogP contribution in [0.25, 0.3) is 0 Å². The topological polar surface area (TPSA) is 58.6 Å². The third kappa shape index (κ3) is 4.52. The lowest BCUT2D eigenvalue weighted by atomic mass is 9.86. The van der Waals surface area contributed by atoms with Crippen molar-refractivity contribution in [2.24, 2.45) is 5.92 Å². The van der Waals surface area contributed by atoms with Crippen molar-refractivity contribution >= 4 is 11.9 Å². The van der Waals surface area contributed by atoms with Crippen LogP contribution in [0.5, 0.6) is 5.88 Å². The smallest absolute Gasteiger partial charge is 0.254 e. The van der Waals surface area contributed by atoms with Gasteiger partial charge in [-0.2, -0.15) is 4.98 Å². The van der Waals surface area contributed by atoms with Crippen LogP contribution >= 0.6 is 0 Å². The molecule has 0 saturated carbocycles. The number of carbonyl (C=O) groups is 1. The number of hydrogen-bond donors (Lipinski definition) is 0. The molecule has 2 aromatic rings. The van der Waals surface area contributed by atoms with E-state index >= 15 is 0 Å². The monoisotopic (exact) mass is 394 g/mol. The zero-order chi connectivity index (χ0) is 20.1. The third-order valence-electron chi connectivity index (χ3n) is 6.27. The summed E-state index contributed by atoms with van der Waals surface area (Å²) >= 11 is 0. The maximum absolute atomic E-state index is 13.2. The Bertz CT molecular complexity index is 806. The van der Waals surface area contributed by atoms with Crippen molar-refractivity contribution in [3.8, 4) is 5.88 Å². The Hall–Kier alpha value is -2.63. The molecule has 6 nitrogen and oxygen atoms in total. The van der Waals surface area contributed by atoms with E-state index in [1.54, 1.807) is 19.4 Å². The number of aromatic nitrogens is 2. The third-order valence-corrected chi connectivity index (χ3v) is 6.27. The summed E-state index contributed by atoms with van der Waals surface area (Å²) in [5.74, 6) is 2.06. The summed E-state index contributed by atoms with van der Waals surface area (Å²) < 4.78 is 5.24. The Morgan fingerprint density at radius 2 is 1.79 bits per heavy atom. The SMILES string of the molecule is COc1ccnc(N2CCC([C@@H]3CCCCCN3C(=O)c3ccccc3)CC2)n1. The van der Waals surface area contributed by atoms with Crippen LogP contribution < -0.4 is 9.64 Å². The first-order valence-electron chi connectivity index (χ1n) is 10.7. The van der Waals surface area contributed by atoms with Gasteiger partial charge in [-0.15, -0.1) is 0 Å². The molecule has 6 heteroatoms. The van der Waals surface area contributed by atoms with E-state index in [1.807, 2.05) is 30.3 Å². The van der Waals surface area contributed by atoms with E-state index in [4.69, 9.17) is 4.74 Å². The number of rotatable bonds is 4. The summed E-state index contributed by atoms with van der Waals surface area (Å²) in [6.45, 7) is 2.71. The summed E-state index contributed by atoms with van der Waals surface area (Å²) in [7, 11) is 1.63. The number of anilines is 1. The second-order valence-corrected chi connectivity index (χ2v) is 8.00. The predicted octanol–water partition coefficient (Wildman–Crippen LogP) is 3.79. The summed E-state index contributed by atoms with van der Waals surface area (Å²) in [5, 5.41) is 0. The van der Waals surface area contributed by atoms with E-state index in [0.29, 0.717) is 17.8 Å². The molecule has 1 aromatic heterocycles. The van der Waals surface area contributed by atoms with Crippen molar-refractivity contribution < 1.29 is 9.53 Å². The number of nitrogens with zero attached hydrogens (tertiary/aromatic N) is 4. The number of carbonyl (C=O) groups excluding carboxylic acids is 1. The first-order valence-corrected chi connectivity index (χ1v) is 10.7. The van der Waals surface area contributed by atoms with E-state index in [0.717, 1.165) is 56.8 Å². The minimum Gasteiger partial charge on any atom is -0.481 e. The molecule has 3 heterocycles. The van der Waals surface area contributed by atoms with Gasteiger partial charge in [-0.05, 0) is 43.7 Å². The second kappa shape index (κ2) is 9.25. The Morgan fingerprint density at radius 3 is 2.55 bits per heavy atom. The van der Waals surface area contributed by atoms with Crippen molar-refractivity contribution in [1.82, 2.24) is 14.9 Å². The number of piperidine rings is 1. The van der Waals surface area contributed by atoms with Gasteiger partial charge in [-0.3, -0.25) is 4.79 Å². The molecule has 2 fully saturated rings. The predicted molar refractivity (Wildman–Crippen MR) is 113 cm³/mol. The van der Waals surface area contributed by atoms with Crippen LogP contribution in [-0.2, 0) is 0 Å². The molecule has 1 amide bonds. The second-order valence-electron chi connectivity index (χ2n) is 8.00. The quantitative estimate of drug-likeness (QED) is 0.790. The van der Waals surface area contributed by atoms with Gasteiger partial charge in [0.15, 0.2) is 0 Å². The molecule has 0 aliphatic carbocycles. The standard InChI is InChI=1S/C23H30N4O2/c1-29-21-11-14-24-23(25-21)26-16-12-18(13-17-26)20-10-6-3-7-15-27(20)22(28)19-8-4-2-5-9-19/h2,4-5,8-9,11,14,18,20H,3,6-7,10,12-13,15-17H2,1H3/t20-/m0/s1. The first kappa shape index (κ1) is 19.7. The summed E-state index contributed by atoms with van der Waals surface area (Å²) in [6.07, 6.45) is 8.50. The highest BCUT2D eigenvalue weighted by atomic mass is 16.5. The highest BCUT2D eigenvalue weighted by Crippen LogP contribution is 2.32. The number of likely N-dealkylation sites (tertiary alicyclic amines) is 1. The lowest BCUT2D eigenvalue weighted by molar-refractivity contribution is 0.0588. The first-order chi connectivity index (χ1) is 14.3. The summed E-state index contributed by atoms with van der Waals surface area (Å²) in [4.78, 5) is 26.5. The number of ether oxygens (including phenoxy) is 1. The zero-order valence-electron chi connectivity index (χ0n) is 17.2. The van der Waals surface area contributed by atoms with Crippen molar-refractivity contribution in [3.63, 3.8) is 0 Å². The van der Waals surface area contributed by atoms with E-state index in [2.05, 4.69) is 19.8 Å². The Morgan fingerprint density at radius 1 is 1.00 bits per heavy atom. The maximum atomic E-state index is 13.2. The van der Waals surface area contributed by atoms with Gasteiger partial charge in [-0.25, -0.2) is 4.98 Å². The molecule has 2 aliphatic rings. The van der Waals surface area contributed by atoms with Crippen LogP contribution in [0.15, 0.2) is 42.6 Å². The lowest BCUT2D eigenvalue weighted by Crippen LogP contribution is -2.48. The van der Waals surface area contributed by atoms with E-state index in [-0.39, 0.29) is 5.91 Å². The molecule has 2 aliphatic heterocycles. The Balaban J connectivity index is 1.45. The normalized spacial score (nSPS) is 20.9. The van der Waals surface area contributed by atoms with Gasteiger partial charge in [0.2, 0.25) is 11.8 Å². The van der Waals surface area contributed by atoms with Crippen LogP contribution in [0, 0.1) is 5.92 Å². The van der Waals surface area contributed by atoms with E-state index in [9.17, 15) is 4.79 Å². The molecule has 0 radical (unpaired) electrons. The summed E-state index contributed by atoms with van der Waals surface area (Å²) in [5.41, 5.74) is 0.807. The Labute approximate surface area is 172 Å². The average Bonchev–Trinajstić information content (AvgIpc) is 3.05. The van der Waals surface area contributed by atoms with E-state index in [1.165, 1.54) is 12.8 Å². The maximum Gasteiger partial charge on any atom is 0.254 e. The molecule has 0 spiro atoms. The van der Waals surface area contributed by atoms with Crippen LogP contribution in [0.4, 0.5) is 5.95 Å². The molecule has 2 saturated heterocycles. The highest BCUT2D eigenvalue weighted by molar-refractivity contribution is 5.94. The number of amides is 1. The molecule has 1 aromatic carbocycles. The fraction of sp³-hybridized carbons (Fsp3) is 0.522. The molecular weight excluding hydrogens is 364 g/mol. The largest absolute Gasteiger partial charge is 0.481 e. The summed E-state index contributed by atoms with van der Waals surface area (Å²) in [6, 6.07) is 11.8. The fourth-order valence-corrected chi connectivity index (χ4v) is 4.71. The number of benzene rings is 1. The molecule has 4 rings (SSSR count). The van der Waals surface area contributed by atoms with Gasteiger partial charge in [0.1, 0.15) is 0 Å².